The molecule has 0 heterocycles. The lowest BCUT2D eigenvalue weighted by molar-refractivity contribution is 0.276. The number of hydrogen-bond acceptors (Lipinski definition) is 3. The van der Waals surface area contributed by atoms with E-state index in [9.17, 15) is 8.42 Å². The van der Waals surface area contributed by atoms with Crippen molar-refractivity contribution in [1.29, 1.82) is 0 Å². The minimum Gasteiger partial charge on any atom is -0.315 e. The summed E-state index contributed by atoms with van der Waals surface area (Å²) in [5.74, 6) is 1.75. The molecule has 5 heteroatoms. The standard InChI is InChI=1S/C12H26N2O2S/c1-3-14-17(15,16)8-7-13-10-12-6-4-5-11(2)9-12/h11-14H,3-10H2,1-2H3. The summed E-state index contributed by atoms with van der Waals surface area (Å²) in [5, 5.41) is 3.27. The Hall–Kier alpha value is -0.130. The van der Waals surface area contributed by atoms with E-state index >= 15 is 0 Å². The van der Waals surface area contributed by atoms with Gasteiger partial charge in [0.05, 0.1) is 5.75 Å². The molecule has 0 bridgehead atoms. The van der Waals surface area contributed by atoms with Crippen molar-refractivity contribution in [3.8, 4) is 0 Å². The van der Waals surface area contributed by atoms with Crippen LogP contribution in [0, 0.1) is 11.8 Å². The molecule has 2 atom stereocenters. The molecule has 17 heavy (non-hydrogen) atoms. The van der Waals surface area contributed by atoms with Crippen LogP contribution >= 0.6 is 0 Å². The molecule has 0 aromatic rings. The van der Waals surface area contributed by atoms with Crippen LogP contribution in [0.2, 0.25) is 0 Å². The summed E-state index contributed by atoms with van der Waals surface area (Å²) in [5.41, 5.74) is 0. The highest BCUT2D eigenvalue weighted by molar-refractivity contribution is 7.89. The van der Waals surface area contributed by atoms with E-state index in [1.54, 1.807) is 6.92 Å². The average molecular weight is 262 g/mol. The second-order valence-electron chi connectivity index (χ2n) is 5.16. The van der Waals surface area contributed by atoms with Gasteiger partial charge in [0.15, 0.2) is 0 Å². The molecule has 0 radical (unpaired) electrons. The van der Waals surface area contributed by atoms with Gasteiger partial charge >= 0.3 is 0 Å². The van der Waals surface area contributed by atoms with E-state index < -0.39 is 10.0 Å². The van der Waals surface area contributed by atoms with E-state index in [4.69, 9.17) is 0 Å². The molecular formula is C12H26N2O2S. The first kappa shape index (κ1) is 14.9. The van der Waals surface area contributed by atoms with Crippen LogP contribution in [0.15, 0.2) is 0 Å². The minimum absolute atomic E-state index is 0.184. The monoisotopic (exact) mass is 262 g/mol. The van der Waals surface area contributed by atoms with E-state index in [2.05, 4.69) is 17.0 Å². The molecule has 102 valence electrons. The average Bonchev–Trinajstić information content (AvgIpc) is 2.24. The first-order chi connectivity index (χ1) is 8.03. The Morgan fingerprint density at radius 2 is 2.06 bits per heavy atom. The Labute approximate surface area is 106 Å². The Bertz CT molecular complexity index is 304. The molecule has 0 aliphatic heterocycles. The fraction of sp³-hybridized carbons (Fsp3) is 1.00. The normalized spacial score (nSPS) is 26.0. The quantitative estimate of drug-likeness (QED) is 0.681. The number of rotatable bonds is 7. The van der Waals surface area contributed by atoms with Gasteiger partial charge in [-0.25, -0.2) is 13.1 Å². The molecule has 0 spiro atoms. The summed E-state index contributed by atoms with van der Waals surface area (Å²) >= 11 is 0. The predicted molar refractivity (Wildman–Crippen MR) is 71.5 cm³/mol. The van der Waals surface area contributed by atoms with Gasteiger partial charge in [-0.2, -0.15) is 0 Å². The van der Waals surface area contributed by atoms with Crippen molar-refractivity contribution in [3.63, 3.8) is 0 Å². The minimum atomic E-state index is -3.06. The summed E-state index contributed by atoms with van der Waals surface area (Å²) in [6.07, 6.45) is 5.25. The summed E-state index contributed by atoms with van der Waals surface area (Å²) in [6.45, 7) is 6.10. The van der Waals surface area contributed by atoms with E-state index in [1.165, 1.54) is 25.7 Å². The van der Waals surface area contributed by atoms with Gasteiger partial charge in [0, 0.05) is 13.1 Å². The zero-order valence-electron chi connectivity index (χ0n) is 11.0. The first-order valence-corrected chi connectivity index (χ1v) is 8.36. The maximum atomic E-state index is 11.4. The predicted octanol–water partition coefficient (Wildman–Crippen LogP) is 1.34. The Balaban J connectivity index is 2.11. The summed E-state index contributed by atoms with van der Waals surface area (Å²) < 4.78 is 25.3. The summed E-state index contributed by atoms with van der Waals surface area (Å²) in [6, 6.07) is 0. The zero-order valence-corrected chi connectivity index (χ0v) is 11.9. The Kier molecular flexibility index (Phi) is 6.44. The van der Waals surface area contributed by atoms with Gasteiger partial charge in [-0.15, -0.1) is 0 Å². The fourth-order valence-electron chi connectivity index (χ4n) is 2.55. The third kappa shape index (κ3) is 6.38. The third-order valence-electron chi connectivity index (χ3n) is 3.39. The largest absolute Gasteiger partial charge is 0.315 e. The smallest absolute Gasteiger partial charge is 0.212 e. The Morgan fingerprint density at radius 3 is 2.71 bits per heavy atom. The van der Waals surface area contributed by atoms with Gasteiger partial charge in [-0.05, 0) is 31.2 Å². The van der Waals surface area contributed by atoms with Crippen LogP contribution < -0.4 is 10.0 Å². The molecule has 0 amide bonds. The molecule has 1 saturated carbocycles. The van der Waals surface area contributed by atoms with Gasteiger partial charge in [0.2, 0.25) is 10.0 Å². The summed E-state index contributed by atoms with van der Waals surface area (Å²) in [4.78, 5) is 0. The number of sulfonamides is 1. The van der Waals surface area contributed by atoms with Gasteiger partial charge in [0.25, 0.3) is 0 Å². The molecular weight excluding hydrogens is 236 g/mol. The topological polar surface area (TPSA) is 58.2 Å². The fourth-order valence-corrected chi connectivity index (χ4v) is 3.55. The lowest BCUT2D eigenvalue weighted by Crippen LogP contribution is -2.34. The van der Waals surface area contributed by atoms with Gasteiger partial charge in [-0.1, -0.05) is 26.7 Å². The Morgan fingerprint density at radius 1 is 1.29 bits per heavy atom. The molecule has 4 nitrogen and oxygen atoms in total. The van der Waals surface area contributed by atoms with Crippen LogP contribution in [-0.2, 0) is 10.0 Å². The molecule has 1 rings (SSSR count). The highest BCUT2D eigenvalue weighted by Gasteiger charge is 2.18. The van der Waals surface area contributed by atoms with Crippen molar-refractivity contribution in [2.75, 3.05) is 25.4 Å². The molecule has 1 fully saturated rings. The molecule has 1 aliphatic rings. The van der Waals surface area contributed by atoms with E-state index in [1.807, 2.05) is 0 Å². The number of hydrogen-bond donors (Lipinski definition) is 2. The highest BCUT2D eigenvalue weighted by Crippen LogP contribution is 2.27. The highest BCUT2D eigenvalue weighted by atomic mass is 32.2. The van der Waals surface area contributed by atoms with Crippen molar-refractivity contribution < 1.29 is 8.42 Å². The lowest BCUT2D eigenvalue weighted by Gasteiger charge is -2.26. The maximum absolute atomic E-state index is 11.4. The molecule has 0 aromatic heterocycles. The SMILES string of the molecule is CCNS(=O)(=O)CCNCC1CCCC(C)C1. The zero-order chi connectivity index (χ0) is 12.7. The van der Waals surface area contributed by atoms with Crippen LogP contribution in [-0.4, -0.2) is 33.8 Å². The van der Waals surface area contributed by atoms with Crippen LogP contribution in [0.25, 0.3) is 0 Å². The van der Waals surface area contributed by atoms with Gasteiger partial charge < -0.3 is 5.32 Å². The second kappa shape index (κ2) is 7.34. The van der Waals surface area contributed by atoms with Crippen molar-refractivity contribution >= 4 is 10.0 Å². The lowest BCUT2D eigenvalue weighted by atomic mass is 9.82. The van der Waals surface area contributed by atoms with Crippen molar-refractivity contribution in [2.24, 2.45) is 11.8 Å². The molecule has 0 saturated heterocycles. The molecule has 2 unspecified atom stereocenters. The van der Waals surface area contributed by atoms with Crippen molar-refractivity contribution in [1.82, 2.24) is 10.0 Å². The third-order valence-corrected chi connectivity index (χ3v) is 4.86. The summed E-state index contributed by atoms with van der Waals surface area (Å²) in [7, 11) is -3.06. The molecule has 2 N–H and O–H groups in total. The molecule has 0 aromatic carbocycles. The van der Waals surface area contributed by atoms with Crippen molar-refractivity contribution in [3.05, 3.63) is 0 Å². The second-order valence-corrected chi connectivity index (χ2v) is 7.09. The van der Waals surface area contributed by atoms with Crippen LogP contribution in [0.5, 0.6) is 0 Å². The van der Waals surface area contributed by atoms with Crippen molar-refractivity contribution in [2.45, 2.75) is 39.5 Å². The maximum Gasteiger partial charge on any atom is 0.212 e. The van der Waals surface area contributed by atoms with Crippen LogP contribution in [0.3, 0.4) is 0 Å². The van der Waals surface area contributed by atoms with E-state index in [0.29, 0.717) is 13.1 Å². The first-order valence-electron chi connectivity index (χ1n) is 6.71. The number of nitrogens with one attached hydrogen (secondary N) is 2. The van der Waals surface area contributed by atoms with Gasteiger partial charge in [0.1, 0.15) is 0 Å². The van der Waals surface area contributed by atoms with Gasteiger partial charge in [-0.3, -0.25) is 0 Å². The van der Waals surface area contributed by atoms with E-state index in [-0.39, 0.29) is 5.75 Å². The van der Waals surface area contributed by atoms with Crippen LogP contribution in [0.1, 0.15) is 39.5 Å². The van der Waals surface area contributed by atoms with E-state index in [0.717, 1.165) is 18.4 Å². The molecule has 1 aliphatic carbocycles. The van der Waals surface area contributed by atoms with Crippen LogP contribution in [0.4, 0.5) is 0 Å².